The number of anilines is 1. The Bertz CT molecular complexity index is 690. The fourth-order valence-corrected chi connectivity index (χ4v) is 2.71. The van der Waals surface area contributed by atoms with Gasteiger partial charge in [0, 0.05) is 18.5 Å². The highest BCUT2D eigenvalue weighted by molar-refractivity contribution is 7.92. The summed E-state index contributed by atoms with van der Waals surface area (Å²) >= 11 is 0. The first kappa shape index (κ1) is 14.3. The van der Waals surface area contributed by atoms with Crippen LogP contribution in [-0.4, -0.2) is 24.3 Å². The minimum absolute atomic E-state index is 0.169. The van der Waals surface area contributed by atoms with Crippen LogP contribution in [0.3, 0.4) is 0 Å². The van der Waals surface area contributed by atoms with Crippen molar-refractivity contribution in [1.29, 1.82) is 0 Å². The van der Waals surface area contributed by atoms with Gasteiger partial charge in [0.1, 0.15) is 5.75 Å². The summed E-state index contributed by atoms with van der Waals surface area (Å²) in [7, 11) is -3.66. The second kappa shape index (κ2) is 5.87. The third-order valence-corrected chi connectivity index (χ3v) is 3.90. The molecule has 2 aromatic rings. The van der Waals surface area contributed by atoms with E-state index in [-0.39, 0.29) is 17.2 Å². The molecule has 0 saturated heterocycles. The standard InChI is InChI=1S/C13H13FN2O3S/c14-12-9-11(17)1-2-13(12)16-20(18,19)8-5-10-3-6-15-7-4-10/h1-4,6-7,9,16-17H,5,8H2. The van der Waals surface area contributed by atoms with Crippen LogP contribution in [0.25, 0.3) is 0 Å². The molecule has 5 nitrogen and oxygen atoms in total. The van der Waals surface area contributed by atoms with Gasteiger partial charge in [-0.15, -0.1) is 0 Å². The fourth-order valence-electron chi connectivity index (χ4n) is 1.61. The van der Waals surface area contributed by atoms with Crippen molar-refractivity contribution < 1.29 is 17.9 Å². The summed E-state index contributed by atoms with van der Waals surface area (Å²) in [6.45, 7) is 0. The van der Waals surface area contributed by atoms with E-state index in [0.717, 1.165) is 11.6 Å². The lowest BCUT2D eigenvalue weighted by Gasteiger charge is -2.09. The smallest absolute Gasteiger partial charge is 0.233 e. The molecule has 1 aromatic carbocycles. The molecule has 2 rings (SSSR count). The summed E-state index contributed by atoms with van der Waals surface area (Å²) in [5, 5.41) is 9.06. The van der Waals surface area contributed by atoms with Gasteiger partial charge in [-0.2, -0.15) is 0 Å². The Morgan fingerprint density at radius 1 is 1.20 bits per heavy atom. The van der Waals surface area contributed by atoms with Gasteiger partial charge in [-0.25, -0.2) is 12.8 Å². The number of pyridine rings is 1. The maximum Gasteiger partial charge on any atom is 0.233 e. The minimum Gasteiger partial charge on any atom is -0.508 e. The van der Waals surface area contributed by atoms with Crippen molar-refractivity contribution in [3.05, 3.63) is 54.1 Å². The number of benzene rings is 1. The number of nitrogens with one attached hydrogen (secondary N) is 1. The van der Waals surface area contributed by atoms with Gasteiger partial charge in [-0.1, -0.05) is 0 Å². The SMILES string of the molecule is O=S(=O)(CCc1ccncc1)Nc1ccc(O)cc1F. The number of phenolic OH excluding ortho intramolecular Hbond substituents is 1. The zero-order chi connectivity index (χ0) is 14.6. The highest BCUT2D eigenvalue weighted by atomic mass is 32.2. The molecule has 106 valence electrons. The Morgan fingerprint density at radius 3 is 2.55 bits per heavy atom. The zero-order valence-corrected chi connectivity index (χ0v) is 11.3. The number of halogens is 1. The molecule has 0 amide bonds. The van der Waals surface area contributed by atoms with Crippen molar-refractivity contribution in [2.45, 2.75) is 6.42 Å². The van der Waals surface area contributed by atoms with E-state index in [4.69, 9.17) is 5.11 Å². The lowest BCUT2D eigenvalue weighted by atomic mass is 10.2. The van der Waals surface area contributed by atoms with Gasteiger partial charge in [0.05, 0.1) is 11.4 Å². The number of hydrogen-bond donors (Lipinski definition) is 2. The predicted molar refractivity (Wildman–Crippen MR) is 73.4 cm³/mol. The average Bonchev–Trinajstić information content (AvgIpc) is 2.41. The molecule has 0 aliphatic rings. The molecule has 0 fully saturated rings. The van der Waals surface area contributed by atoms with E-state index in [9.17, 15) is 12.8 Å². The number of hydrogen-bond acceptors (Lipinski definition) is 4. The van der Waals surface area contributed by atoms with Crippen molar-refractivity contribution in [3.8, 4) is 5.75 Å². The third kappa shape index (κ3) is 3.92. The van der Waals surface area contributed by atoms with E-state index in [1.807, 2.05) is 0 Å². The third-order valence-electron chi connectivity index (χ3n) is 2.63. The first-order valence-electron chi connectivity index (χ1n) is 5.84. The largest absolute Gasteiger partial charge is 0.508 e. The van der Waals surface area contributed by atoms with E-state index in [0.29, 0.717) is 6.42 Å². The van der Waals surface area contributed by atoms with Gasteiger partial charge in [0.25, 0.3) is 0 Å². The molecule has 0 radical (unpaired) electrons. The molecular weight excluding hydrogens is 283 g/mol. The van der Waals surface area contributed by atoms with Crippen molar-refractivity contribution >= 4 is 15.7 Å². The molecule has 0 spiro atoms. The number of rotatable bonds is 5. The minimum atomic E-state index is -3.66. The Hall–Kier alpha value is -2.15. The number of aromatic nitrogens is 1. The van der Waals surface area contributed by atoms with Crippen LogP contribution in [0, 0.1) is 5.82 Å². The van der Waals surface area contributed by atoms with Gasteiger partial charge in [0.2, 0.25) is 10.0 Å². The Labute approximate surface area is 116 Å². The molecule has 0 unspecified atom stereocenters. The van der Waals surface area contributed by atoms with Crippen LogP contribution >= 0.6 is 0 Å². The van der Waals surface area contributed by atoms with Gasteiger partial charge in [0.15, 0.2) is 5.82 Å². The molecule has 0 bridgehead atoms. The van der Waals surface area contributed by atoms with E-state index >= 15 is 0 Å². The first-order valence-corrected chi connectivity index (χ1v) is 7.49. The van der Waals surface area contributed by atoms with Crippen molar-refractivity contribution in [3.63, 3.8) is 0 Å². The molecule has 1 heterocycles. The molecule has 2 N–H and O–H groups in total. The summed E-state index contributed by atoms with van der Waals surface area (Å²) in [4.78, 5) is 3.84. The van der Waals surface area contributed by atoms with Gasteiger partial charge >= 0.3 is 0 Å². The topological polar surface area (TPSA) is 79.3 Å². The molecular formula is C13H13FN2O3S. The number of nitrogens with zero attached hydrogens (tertiary/aromatic N) is 1. The maximum atomic E-state index is 13.4. The number of phenols is 1. The summed E-state index contributed by atoms with van der Waals surface area (Å²) in [5.41, 5.74) is 0.647. The quantitative estimate of drug-likeness (QED) is 0.826. The van der Waals surface area contributed by atoms with E-state index in [1.54, 1.807) is 24.5 Å². The van der Waals surface area contributed by atoms with Crippen LogP contribution in [0.5, 0.6) is 5.75 Å². The number of sulfonamides is 1. The lowest BCUT2D eigenvalue weighted by molar-refractivity contribution is 0.469. The predicted octanol–water partition coefficient (Wildman–Crippen LogP) is 1.91. The second-order valence-corrected chi connectivity index (χ2v) is 6.03. The van der Waals surface area contributed by atoms with E-state index in [2.05, 4.69) is 9.71 Å². The summed E-state index contributed by atoms with van der Waals surface area (Å²) in [5.74, 6) is -1.25. The van der Waals surface area contributed by atoms with Crippen molar-refractivity contribution in [2.75, 3.05) is 10.5 Å². The van der Waals surface area contributed by atoms with Crippen LogP contribution in [0.15, 0.2) is 42.7 Å². The van der Waals surface area contributed by atoms with Crippen LogP contribution in [0.1, 0.15) is 5.56 Å². The van der Waals surface area contributed by atoms with Gasteiger partial charge in [-0.05, 0) is 36.2 Å². The lowest BCUT2D eigenvalue weighted by Crippen LogP contribution is -2.18. The Kier molecular flexibility index (Phi) is 4.19. The second-order valence-electron chi connectivity index (χ2n) is 4.19. The first-order chi connectivity index (χ1) is 9.46. The van der Waals surface area contributed by atoms with Crippen LogP contribution in [0.4, 0.5) is 10.1 Å². The average molecular weight is 296 g/mol. The van der Waals surface area contributed by atoms with Gasteiger partial charge < -0.3 is 5.11 Å². The summed E-state index contributed by atoms with van der Waals surface area (Å²) in [6, 6.07) is 6.67. The monoisotopic (exact) mass is 296 g/mol. The van der Waals surface area contributed by atoms with E-state index < -0.39 is 15.8 Å². The molecule has 0 atom stereocenters. The number of aromatic hydroxyl groups is 1. The van der Waals surface area contributed by atoms with Crippen LogP contribution in [0.2, 0.25) is 0 Å². The van der Waals surface area contributed by atoms with Crippen molar-refractivity contribution in [2.24, 2.45) is 0 Å². The Morgan fingerprint density at radius 2 is 1.90 bits per heavy atom. The molecule has 7 heteroatoms. The molecule has 1 aromatic heterocycles. The molecule has 0 aliphatic heterocycles. The summed E-state index contributed by atoms with van der Waals surface area (Å²) in [6.07, 6.45) is 3.46. The molecule has 20 heavy (non-hydrogen) atoms. The molecule has 0 aliphatic carbocycles. The summed E-state index contributed by atoms with van der Waals surface area (Å²) < 4.78 is 39.3. The van der Waals surface area contributed by atoms with Crippen molar-refractivity contribution in [1.82, 2.24) is 4.98 Å². The van der Waals surface area contributed by atoms with E-state index in [1.165, 1.54) is 12.1 Å². The fraction of sp³-hybridized carbons (Fsp3) is 0.154. The van der Waals surface area contributed by atoms with Gasteiger partial charge in [-0.3, -0.25) is 9.71 Å². The normalized spacial score (nSPS) is 11.2. The Balaban J connectivity index is 2.04. The van der Waals surface area contributed by atoms with Crippen LogP contribution in [-0.2, 0) is 16.4 Å². The van der Waals surface area contributed by atoms with Crippen LogP contribution < -0.4 is 4.72 Å². The number of aryl methyl sites for hydroxylation is 1. The zero-order valence-electron chi connectivity index (χ0n) is 10.5. The highest BCUT2D eigenvalue weighted by Crippen LogP contribution is 2.20. The highest BCUT2D eigenvalue weighted by Gasteiger charge is 2.13. The maximum absolute atomic E-state index is 13.4. The molecule has 0 saturated carbocycles.